The van der Waals surface area contributed by atoms with Crippen LogP contribution in [0, 0.1) is 17.2 Å². The molecule has 0 N–H and O–H groups in total. The monoisotopic (exact) mass is 634 g/mol. The Kier molecular flexibility index (Phi) is 7.31. The summed E-state index contributed by atoms with van der Waals surface area (Å²) >= 11 is 0. The third kappa shape index (κ3) is 5.33. The summed E-state index contributed by atoms with van der Waals surface area (Å²) in [6.45, 7) is 0.569. The van der Waals surface area contributed by atoms with Crippen LogP contribution in [0.25, 0.3) is 11.8 Å². The Labute approximate surface area is 259 Å². The number of aryl methyl sites for hydroxylation is 1. The van der Waals surface area contributed by atoms with Gasteiger partial charge in [-0.1, -0.05) is 5.57 Å². The number of allylic oxidation sites excluding steroid dienone is 1. The van der Waals surface area contributed by atoms with Crippen LogP contribution in [0.3, 0.4) is 0 Å². The van der Waals surface area contributed by atoms with Crippen molar-refractivity contribution in [2.45, 2.75) is 56.0 Å². The van der Waals surface area contributed by atoms with Crippen molar-refractivity contribution < 1.29 is 22.2 Å². The lowest BCUT2D eigenvalue weighted by Crippen LogP contribution is -2.51. The molecule has 12 heteroatoms. The molecular weight excluding hydrogens is 601 g/mol. The molecule has 0 saturated heterocycles. The molecule has 0 aliphatic heterocycles. The Balaban J connectivity index is 1.32. The van der Waals surface area contributed by atoms with E-state index in [2.05, 4.69) is 21.1 Å². The highest BCUT2D eigenvalue weighted by Crippen LogP contribution is 2.52. The lowest BCUT2D eigenvalue weighted by atomic mass is 9.60. The highest BCUT2D eigenvalue weighted by molar-refractivity contribution is 7.98. The van der Waals surface area contributed by atoms with E-state index in [9.17, 15) is 22.2 Å². The van der Waals surface area contributed by atoms with Crippen LogP contribution >= 0.6 is 0 Å². The van der Waals surface area contributed by atoms with Gasteiger partial charge in [0.05, 0.1) is 32.7 Å². The molecule has 0 bridgehead atoms. The second kappa shape index (κ2) is 11.1. The van der Waals surface area contributed by atoms with Crippen LogP contribution in [-0.2, 0) is 23.2 Å². The zero-order chi connectivity index (χ0) is 31.5. The fourth-order valence-electron chi connectivity index (χ4n) is 6.82. The first-order chi connectivity index (χ1) is 21.5. The SMILES string of the molecule is C=S(=O)(c1ccn(C)n1)N(CC1CC1)[C@H]1CCC2=Cc3c(cnn3-c3ccc(F)cc3)C[C@]2(C(=O)c2cc(C(F)F)ccn2)C1. The van der Waals surface area contributed by atoms with Gasteiger partial charge in [0.1, 0.15) is 11.5 Å². The standard InChI is InChI=1S/C33H33F3N6O2S/c1-40-14-12-30(39-40)45(2,44)41(20-21-3-4-21)27-8-5-24-16-29-23(19-38-42(29)26-9-6-25(34)7-10-26)17-33(24,18-27)31(43)28-15-22(32(35)36)11-13-37-28/h6-7,9-16,19,21,27,32H,2-5,8,17-18,20H2,1H3/t27-,33-,45?/m0/s1. The predicted molar refractivity (Wildman–Crippen MR) is 165 cm³/mol. The molecule has 3 aliphatic carbocycles. The van der Waals surface area contributed by atoms with Crippen LogP contribution in [0.2, 0.25) is 0 Å². The summed E-state index contributed by atoms with van der Waals surface area (Å²) in [5.74, 6) is 3.87. The zero-order valence-electron chi connectivity index (χ0n) is 24.8. The van der Waals surface area contributed by atoms with Crippen molar-refractivity contribution in [3.63, 3.8) is 0 Å². The van der Waals surface area contributed by atoms with Gasteiger partial charge < -0.3 is 0 Å². The van der Waals surface area contributed by atoms with Crippen LogP contribution in [0.1, 0.15) is 65.8 Å². The zero-order valence-corrected chi connectivity index (χ0v) is 25.6. The van der Waals surface area contributed by atoms with Crippen molar-refractivity contribution in [3.05, 3.63) is 95.0 Å². The number of aromatic nitrogens is 5. The van der Waals surface area contributed by atoms with E-state index < -0.39 is 21.5 Å². The third-order valence-electron chi connectivity index (χ3n) is 9.35. The molecule has 45 heavy (non-hydrogen) atoms. The van der Waals surface area contributed by atoms with Gasteiger partial charge in [-0.2, -0.15) is 10.2 Å². The van der Waals surface area contributed by atoms with Gasteiger partial charge in [0.15, 0.2) is 10.8 Å². The van der Waals surface area contributed by atoms with E-state index in [-0.39, 0.29) is 35.3 Å². The molecule has 3 heterocycles. The number of rotatable bonds is 9. The Morgan fingerprint density at radius 3 is 2.64 bits per heavy atom. The molecule has 0 amide bonds. The molecule has 3 aromatic heterocycles. The molecule has 3 atom stereocenters. The molecule has 234 valence electrons. The van der Waals surface area contributed by atoms with E-state index in [1.54, 1.807) is 47.0 Å². The number of Topliss-reactive ketones (excluding diaryl/α,β-unsaturated/α-hetero) is 1. The number of nitrogens with zero attached hydrogens (tertiary/aromatic N) is 6. The lowest BCUT2D eigenvalue weighted by molar-refractivity contribution is 0.0737. The van der Waals surface area contributed by atoms with Crippen LogP contribution in [0.4, 0.5) is 13.2 Å². The first-order valence-electron chi connectivity index (χ1n) is 15.0. The van der Waals surface area contributed by atoms with Gasteiger partial charge in [-0.3, -0.25) is 14.5 Å². The van der Waals surface area contributed by atoms with Gasteiger partial charge in [-0.15, -0.1) is 0 Å². The summed E-state index contributed by atoms with van der Waals surface area (Å²) in [5.41, 5.74) is 1.70. The van der Waals surface area contributed by atoms with Gasteiger partial charge in [-0.25, -0.2) is 26.4 Å². The number of benzene rings is 1. The number of carbonyl (C=O) groups excluding carboxylic acids is 1. The first kappa shape index (κ1) is 29.7. The number of fused-ring (bicyclic) bond motifs is 2. The number of carbonyl (C=O) groups is 1. The minimum absolute atomic E-state index is 0.0254. The van der Waals surface area contributed by atoms with Gasteiger partial charge in [0.25, 0.3) is 6.43 Å². The van der Waals surface area contributed by atoms with Crippen molar-refractivity contribution in [1.29, 1.82) is 0 Å². The third-order valence-corrected chi connectivity index (χ3v) is 11.4. The average molecular weight is 635 g/mol. The molecule has 0 radical (unpaired) electrons. The number of halogens is 3. The summed E-state index contributed by atoms with van der Waals surface area (Å²) in [6, 6.07) is 9.85. The second-order valence-corrected chi connectivity index (χ2v) is 14.6. The van der Waals surface area contributed by atoms with Gasteiger partial charge in [0, 0.05) is 37.6 Å². The maximum absolute atomic E-state index is 14.6. The van der Waals surface area contributed by atoms with Crippen LogP contribution in [0.15, 0.2) is 71.7 Å². The summed E-state index contributed by atoms with van der Waals surface area (Å²) < 4.78 is 60.9. The van der Waals surface area contributed by atoms with Crippen LogP contribution < -0.4 is 0 Å². The number of alkyl halides is 2. The largest absolute Gasteiger partial charge is 0.291 e. The van der Waals surface area contributed by atoms with Gasteiger partial charge in [-0.05, 0) is 104 Å². The number of hydrogen-bond donors (Lipinski definition) is 0. The Hall–Kier alpha value is -4.03. The number of pyridine rings is 1. The molecule has 7 rings (SSSR count). The van der Waals surface area contributed by atoms with Crippen molar-refractivity contribution in [2.24, 2.45) is 18.4 Å². The van der Waals surface area contributed by atoms with Crippen LogP contribution in [-0.4, -0.2) is 57.3 Å². The molecule has 3 aliphatic rings. The molecule has 1 unspecified atom stereocenters. The number of hydrogen-bond acceptors (Lipinski definition) is 5. The van der Waals surface area contributed by atoms with E-state index in [0.717, 1.165) is 29.7 Å². The Morgan fingerprint density at radius 1 is 1.18 bits per heavy atom. The van der Waals surface area contributed by atoms with Crippen LogP contribution in [0.5, 0.6) is 0 Å². The summed E-state index contributed by atoms with van der Waals surface area (Å²) in [5, 5.41) is 9.42. The number of ketones is 1. The van der Waals surface area contributed by atoms with E-state index in [1.807, 2.05) is 10.4 Å². The average Bonchev–Trinajstić information content (AvgIpc) is 3.61. The minimum atomic E-state index is -3.00. The summed E-state index contributed by atoms with van der Waals surface area (Å²) in [6.07, 6.45) is 7.69. The normalized spacial score (nSPS) is 22.5. The molecule has 0 spiro atoms. The van der Waals surface area contributed by atoms with Gasteiger partial charge >= 0.3 is 0 Å². The lowest BCUT2D eigenvalue weighted by Gasteiger charge is -2.47. The van der Waals surface area contributed by atoms with Crippen molar-refractivity contribution >= 4 is 27.4 Å². The fraction of sp³-hybridized carbons (Fsp3) is 0.364. The van der Waals surface area contributed by atoms with E-state index in [4.69, 9.17) is 0 Å². The molecule has 1 aromatic carbocycles. The highest BCUT2D eigenvalue weighted by atomic mass is 32.2. The molecule has 2 fully saturated rings. The van der Waals surface area contributed by atoms with Crippen molar-refractivity contribution in [1.82, 2.24) is 28.9 Å². The first-order valence-corrected chi connectivity index (χ1v) is 16.7. The molecule has 8 nitrogen and oxygen atoms in total. The second-order valence-electron chi connectivity index (χ2n) is 12.4. The Bertz CT molecular complexity index is 1910. The quantitative estimate of drug-likeness (QED) is 0.171. The van der Waals surface area contributed by atoms with Gasteiger partial charge in [0.2, 0.25) is 0 Å². The van der Waals surface area contributed by atoms with E-state index in [1.165, 1.54) is 30.5 Å². The van der Waals surface area contributed by atoms with Crippen molar-refractivity contribution in [3.8, 4) is 5.69 Å². The molecule has 2 saturated carbocycles. The molecule has 4 aromatic rings. The van der Waals surface area contributed by atoms with E-state index >= 15 is 0 Å². The minimum Gasteiger partial charge on any atom is -0.291 e. The predicted octanol–water partition coefficient (Wildman–Crippen LogP) is 5.84. The fourth-order valence-corrected chi connectivity index (χ4v) is 8.70. The summed E-state index contributed by atoms with van der Waals surface area (Å²) in [7, 11) is -1.23. The highest BCUT2D eigenvalue weighted by Gasteiger charge is 2.51. The topological polar surface area (TPSA) is 85.9 Å². The maximum atomic E-state index is 14.6. The maximum Gasteiger partial charge on any atom is 0.263 e. The Morgan fingerprint density at radius 2 is 1.96 bits per heavy atom. The van der Waals surface area contributed by atoms with Crippen molar-refractivity contribution in [2.75, 3.05) is 6.54 Å². The molecular formula is C33H33F3N6O2S. The summed E-state index contributed by atoms with van der Waals surface area (Å²) in [4.78, 5) is 18.9. The smallest absolute Gasteiger partial charge is 0.263 e. The van der Waals surface area contributed by atoms with E-state index in [0.29, 0.717) is 42.4 Å².